The van der Waals surface area contributed by atoms with E-state index in [9.17, 15) is 17.6 Å². The molecule has 0 radical (unpaired) electrons. The normalized spacial score (nSPS) is 25.4. The van der Waals surface area contributed by atoms with E-state index in [2.05, 4.69) is 10.2 Å². The minimum Gasteiger partial charge on any atom is -0.331 e. The van der Waals surface area contributed by atoms with Crippen molar-refractivity contribution >= 4 is 15.9 Å². The van der Waals surface area contributed by atoms with Crippen LogP contribution in [0.4, 0.5) is 4.39 Å². The van der Waals surface area contributed by atoms with E-state index in [1.165, 1.54) is 12.1 Å². The molecule has 31 heavy (non-hydrogen) atoms. The summed E-state index contributed by atoms with van der Waals surface area (Å²) >= 11 is 0. The molecule has 1 amide bonds. The van der Waals surface area contributed by atoms with Gasteiger partial charge in [0.1, 0.15) is 10.7 Å². The monoisotopic (exact) mass is 448 g/mol. The standard InChI is InChI=1S/C22H29FN4O3S/c1-15-21(16(2)25-24-15)31(29,30)27-13-12-22(3)19(27)6-4-5-7-20(28)26(22)14-17-8-10-18(23)11-9-17/h8-11,19H,4-7,12-14H2,1-3H3,(H,24,25)/t19-,22-/m1/s1. The summed E-state index contributed by atoms with van der Waals surface area (Å²) in [5.74, 6) is -0.303. The lowest BCUT2D eigenvalue weighted by atomic mass is 9.84. The Labute approximate surface area is 182 Å². The largest absolute Gasteiger partial charge is 0.331 e. The van der Waals surface area contributed by atoms with Gasteiger partial charge in [-0.3, -0.25) is 9.89 Å². The molecule has 168 valence electrons. The SMILES string of the molecule is Cc1n[nH]c(C)c1S(=O)(=O)N1CC[C@]2(C)[C@H]1CCCCC(=O)N2Cc1ccc(F)cc1. The van der Waals surface area contributed by atoms with Crippen LogP contribution in [0.25, 0.3) is 0 Å². The molecule has 2 aromatic rings. The van der Waals surface area contributed by atoms with Crippen molar-refractivity contribution in [3.8, 4) is 0 Å². The maximum Gasteiger partial charge on any atom is 0.247 e. The average Bonchev–Trinajstić information content (AvgIpc) is 3.23. The quantitative estimate of drug-likeness (QED) is 0.778. The number of nitrogens with zero attached hydrogens (tertiary/aromatic N) is 3. The molecule has 9 heteroatoms. The molecule has 2 fully saturated rings. The van der Waals surface area contributed by atoms with E-state index in [1.807, 2.05) is 11.8 Å². The highest BCUT2D eigenvalue weighted by Gasteiger charge is 2.53. The second kappa shape index (κ2) is 8.02. The number of halogens is 1. The van der Waals surface area contributed by atoms with Crippen LogP contribution < -0.4 is 0 Å². The number of hydrogen-bond donors (Lipinski definition) is 1. The highest BCUT2D eigenvalue weighted by Crippen LogP contribution is 2.42. The lowest BCUT2D eigenvalue weighted by Gasteiger charge is -2.45. The number of fused-ring (bicyclic) bond motifs is 1. The minimum atomic E-state index is -3.76. The number of rotatable bonds is 4. The van der Waals surface area contributed by atoms with Gasteiger partial charge in [-0.2, -0.15) is 9.40 Å². The molecule has 7 nitrogen and oxygen atoms in total. The van der Waals surface area contributed by atoms with Crippen LogP contribution in [0.5, 0.6) is 0 Å². The number of H-pyrrole nitrogens is 1. The highest BCUT2D eigenvalue weighted by molar-refractivity contribution is 7.89. The molecule has 0 aliphatic carbocycles. The first-order valence-corrected chi connectivity index (χ1v) is 12.2. The van der Waals surface area contributed by atoms with E-state index in [0.29, 0.717) is 43.7 Å². The summed E-state index contributed by atoms with van der Waals surface area (Å²) in [5, 5.41) is 6.85. The number of hydrogen-bond acceptors (Lipinski definition) is 4. The van der Waals surface area contributed by atoms with Gasteiger partial charge in [-0.1, -0.05) is 18.6 Å². The number of aryl methyl sites for hydroxylation is 2. The molecular weight excluding hydrogens is 419 g/mol. The lowest BCUT2D eigenvalue weighted by Crippen LogP contribution is -2.58. The number of aromatic amines is 1. The van der Waals surface area contributed by atoms with E-state index in [1.54, 1.807) is 30.3 Å². The first-order chi connectivity index (χ1) is 14.6. The van der Waals surface area contributed by atoms with Gasteiger partial charge in [0.25, 0.3) is 0 Å². The average molecular weight is 449 g/mol. The Kier molecular flexibility index (Phi) is 5.68. The molecular formula is C22H29FN4O3S. The molecule has 0 unspecified atom stereocenters. The number of nitrogens with one attached hydrogen (secondary N) is 1. The molecule has 1 N–H and O–H groups in total. The van der Waals surface area contributed by atoms with Crippen molar-refractivity contribution in [2.45, 2.75) is 75.9 Å². The fraction of sp³-hybridized carbons (Fsp3) is 0.545. The molecule has 2 atom stereocenters. The van der Waals surface area contributed by atoms with E-state index in [-0.39, 0.29) is 22.7 Å². The zero-order valence-corrected chi connectivity index (χ0v) is 19.0. The molecule has 0 bridgehead atoms. The molecule has 1 aromatic carbocycles. The smallest absolute Gasteiger partial charge is 0.247 e. The maximum atomic E-state index is 13.6. The van der Waals surface area contributed by atoms with Crippen molar-refractivity contribution in [3.63, 3.8) is 0 Å². The van der Waals surface area contributed by atoms with Gasteiger partial charge in [0, 0.05) is 25.6 Å². The summed E-state index contributed by atoms with van der Waals surface area (Å²) in [6.07, 6.45) is 3.21. The Balaban J connectivity index is 1.72. The Bertz CT molecular complexity index is 1060. The zero-order valence-electron chi connectivity index (χ0n) is 18.2. The molecule has 1 aromatic heterocycles. The van der Waals surface area contributed by atoms with Crippen LogP contribution in [0.1, 0.15) is 56.0 Å². The molecule has 3 heterocycles. The van der Waals surface area contributed by atoms with Crippen molar-refractivity contribution in [2.75, 3.05) is 6.54 Å². The van der Waals surface area contributed by atoms with Crippen LogP contribution in [-0.4, -0.2) is 51.9 Å². The van der Waals surface area contributed by atoms with Crippen LogP contribution in [0.15, 0.2) is 29.2 Å². The second-order valence-corrected chi connectivity index (χ2v) is 10.7. The van der Waals surface area contributed by atoms with Gasteiger partial charge in [0.15, 0.2) is 0 Å². The van der Waals surface area contributed by atoms with Crippen LogP contribution >= 0.6 is 0 Å². The van der Waals surface area contributed by atoms with E-state index in [4.69, 9.17) is 0 Å². The fourth-order valence-corrected chi connectivity index (χ4v) is 7.22. The summed E-state index contributed by atoms with van der Waals surface area (Å²) in [5.41, 5.74) is 1.18. The predicted molar refractivity (Wildman–Crippen MR) is 114 cm³/mol. The molecule has 2 saturated heterocycles. The van der Waals surface area contributed by atoms with Crippen molar-refractivity contribution in [1.29, 1.82) is 0 Å². The van der Waals surface area contributed by atoms with Gasteiger partial charge in [-0.25, -0.2) is 12.8 Å². The Morgan fingerprint density at radius 1 is 1.23 bits per heavy atom. The summed E-state index contributed by atoms with van der Waals surface area (Å²) < 4.78 is 42.2. The van der Waals surface area contributed by atoms with Crippen LogP contribution in [0.3, 0.4) is 0 Å². The Morgan fingerprint density at radius 2 is 1.94 bits per heavy atom. The maximum absolute atomic E-state index is 13.6. The van der Waals surface area contributed by atoms with Crippen molar-refractivity contribution < 1.29 is 17.6 Å². The van der Waals surface area contributed by atoms with Gasteiger partial charge >= 0.3 is 0 Å². The number of benzene rings is 1. The van der Waals surface area contributed by atoms with Gasteiger partial charge < -0.3 is 4.90 Å². The Hall–Kier alpha value is -2.26. The Morgan fingerprint density at radius 3 is 2.58 bits per heavy atom. The van der Waals surface area contributed by atoms with Gasteiger partial charge in [-0.15, -0.1) is 0 Å². The third-order valence-corrected chi connectivity index (χ3v) is 8.99. The van der Waals surface area contributed by atoms with E-state index in [0.717, 1.165) is 18.4 Å². The highest BCUT2D eigenvalue weighted by atomic mass is 32.2. The molecule has 4 rings (SSSR count). The van der Waals surface area contributed by atoms with Crippen LogP contribution in [0.2, 0.25) is 0 Å². The summed E-state index contributed by atoms with van der Waals surface area (Å²) in [4.78, 5) is 15.2. The second-order valence-electron chi connectivity index (χ2n) is 8.85. The number of carbonyl (C=O) groups excluding carboxylic acids is 1. The third kappa shape index (κ3) is 3.78. The molecule has 0 spiro atoms. The zero-order chi connectivity index (χ0) is 22.4. The first kappa shape index (κ1) is 22.0. The van der Waals surface area contributed by atoms with Gasteiger partial charge in [0.05, 0.1) is 16.9 Å². The van der Waals surface area contributed by atoms with Gasteiger partial charge in [-0.05, 0) is 57.7 Å². The van der Waals surface area contributed by atoms with Crippen molar-refractivity contribution in [1.82, 2.24) is 19.4 Å². The number of amides is 1. The molecule has 2 aliphatic rings. The lowest BCUT2D eigenvalue weighted by molar-refractivity contribution is -0.140. The molecule has 0 saturated carbocycles. The number of aromatic nitrogens is 2. The van der Waals surface area contributed by atoms with Gasteiger partial charge in [0.2, 0.25) is 15.9 Å². The van der Waals surface area contributed by atoms with Crippen LogP contribution in [-0.2, 0) is 21.4 Å². The van der Waals surface area contributed by atoms with E-state index >= 15 is 0 Å². The number of carbonyl (C=O) groups is 1. The summed E-state index contributed by atoms with van der Waals surface area (Å²) in [6, 6.07) is 5.82. The van der Waals surface area contributed by atoms with Crippen molar-refractivity contribution in [3.05, 3.63) is 47.0 Å². The van der Waals surface area contributed by atoms with E-state index < -0.39 is 15.6 Å². The topological polar surface area (TPSA) is 86.4 Å². The third-order valence-electron chi connectivity index (χ3n) is 6.82. The molecule has 2 aliphatic heterocycles. The van der Waals surface area contributed by atoms with Crippen LogP contribution in [0, 0.1) is 19.7 Å². The minimum absolute atomic E-state index is 0.0199. The number of likely N-dealkylation sites (tertiary alicyclic amines) is 1. The number of sulfonamides is 1. The summed E-state index contributed by atoms with van der Waals surface area (Å²) in [7, 11) is -3.76. The first-order valence-electron chi connectivity index (χ1n) is 10.7. The van der Waals surface area contributed by atoms with Crippen molar-refractivity contribution in [2.24, 2.45) is 0 Å². The predicted octanol–water partition coefficient (Wildman–Crippen LogP) is 3.29. The summed E-state index contributed by atoms with van der Waals surface area (Å²) in [6.45, 7) is 6.08. The fourth-order valence-electron chi connectivity index (χ4n) is 5.14.